The van der Waals surface area contributed by atoms with E-state index < -0.39 is 5.82 Å². The molecule has 0 spiro atoms. The molecule has 0 aliphatic rings. The van der Waals surface area contributed by atoms with Gasteiger partial charge in [0.05, 0.1) is 0 Å². The highest BCUT2D eigenvalue weighted by Crippen LogP contribution is 2.14. The summed E-state index contributed by atoms with van der Waals surface area (Å²) in [6.45, 7) is 0. The van der Waals surface area contributed by atoms with Gasteiger partial charge < -0.3 is 0 Å². The van der Waals surface area contributed by atoms with Gasteiger partial charge in [-0.15, -0.1) is 0 Å². The molecule has 0 fully saturated rings. The average Bonchev–Trinajstić information content (AvgIpc) is 1.59. The summed E-state index contributed by atoms with van der Waals surface area (Å²) in [7, 11) is 0. The molecule has 9 heavy (non-hydrogen) atoms. The normalized spacial score (nSPS) is 9.67. The second-order valence-corrected chi connectivity index (χ2v) is 3.09. The topological polar surface area (TPSA) is 0 Å². The van der Waals surface area contributed by atoms with Crippen molar-refractivity contribution in [2.75, 3.05) is 0 Å². The Kier molecular flexibility index (Phi) is 2.29. The molecule has 47 valence electrons. The van der Waals surface area contributed by atoms with Crippen LogP contribution < -0.4 is 0 Å². The summed E-state index contributed by atoms with van der Waals surface area (Å²) in [5.41, 5.74) is 0. The van der Waals surface area contributed by atoms with Crippen molar-refractivity contribution in [1.29, 1.82) is 0 Å². The van der Waals surface area contributed by atoms with Crippen LogP contribution in [-0.2, 0) is 0 Å². The van der Waals surface area contributed by atoms with Crippen LogP contribution >= 0.6 is 34.2 Å². The first-order valence-electron chi connectivity index (χ1n) is 2.22. The lowest BCUT2D eigenvalue weighted by Crippen LogP contribution is -1.76. The third-order valence-corrected chi connectivity index (χ3v) is 1.57. The van der Waals surface area contributed by atoms with Crippen molar-refractivity contribution in [3.05, 3.63) is 32.6 Å². The fourth-order valence-corrected chi connectivity index (χ4v) is 1.45. The van der Waals surface area contributed by atoms with Crippen LogP contribution in [0.2, 0.25) is 5.02 Å². The third-order valence-electron chi connectivity index (χ3n) is 0.768. The summed E-state index contributed by atoms with van der Waals surface area (Å²) in [5, 5.41) is 0.413. The number of rotatable bonds is 0. The maximum Gasteiger partial charge on any atom is 0.133 e. The average molecular weight is 255 g/mol. The smallest absolute Gasteiger partial charge is 0.133 e. The van der Waals surface area contributed by atoms with Crippen molar-refractivity contribution in [1.82, 2.24) is 0 Å². The number of benzene rings is 1. The van der Waals surface area contributed by atoms with Gasteiger partial charge >= 0.3 is 0 Å². The van der Waals surface area contributed by atoms with E-state index in [1.807, 2.05) is 22.6 Å². The predicted octanol–water partition coefficient (Wildman–Crippen LogP) is 2.88. The van der Waals surface area contributed by atoms with E-state index in [9.17, 15) is 4.39 Å². The van der Waals surface area contributed by atoms with Crippen LogP contribution in [-0.4, -0.2) is 0 Å². The van der Waals surface area contributed by atoms with Crippen LogP contribution in [0.4, 0.5) is 4.39 Å². The van der Waals surface area contributed by atoms with Gasteiger partial charge in [-0.3, -0.25) is 0 Å². The van der Waals surface area contributed by atoms with Crippen LogP contribution in [0.3, 0.4) is 0 Å². The van der Waals surface area contributed by atoms with E-state index in [1.165, 1.54) is 6.07 Å². The molecule has 0 amide bonds. The highest BCUT2D eigenvalue weighted by atomic mass is 127. The first-order chi connectivity index (χ1) is 4.18. The largest absolute Gasteiger partial charge is 0.206 e. The monoisotopic (exact) mass is 255 g/mol. The minimum absolute atomic E-state index is 0.410. The van der Waals surface area contributed by atoms with Crippen molar-refractivity contribution in [2.45, 2.75) is 0 Å². The highest BCUT2D eigenvalue weighted by molar-refractivity contribution is 14.1. The van der Waals surface area contributed by atoms with E-state index in [4.69, 9.17) is 11.6 Å². The van der Waals surface area contributed by atoms with Gasteiger partial charge in [0.25, 0.3) is 0 Å². The SMILES string of the molecule is Fc1[c]c(I)cc(Cl)c1. The molecule has 0 aromatic heterocycles. The van der Waals surface area contributed by atoms with Gasteiger partial charge in [-0.25, -0.2) is 4.39 Å². The minimum Gasteiger partial charge on any atom is -0.206 e. The molecule has 0 atom stereocenters. The molecule has 0 unspecified atom stereocenters. The fraction of sp³-hybridized carbons (Fsp3) is 0. The molecule has 1 aromatic carbocycles. The van der Waals surface area contributed by atoms with E-state index in [1.54, 1.807) is 6.07 Å². The van der Waals surface area contributed by atoms with Gasteiger partial charge in [-0.05, 0) is 34.7 Å². The van der Waals surface area contributed by atoms with E-state index >= 15 is 0 Å². The third kappa shape index (κ3) is 2.10. The maximum absolute atomic E-state index is 12.3. The maximum atomic E-state index is 12.3. The van der Waals surface area contributed by atoms with Crippen molar-refractivity contribution in [3.63, 3.8) is 0 Å². The van der Waals surface area contributed by atoms with Gasteiger partial charge in [-0.2, -0.15) is 0 Å². The molecule has 0 saturated carbocycles. The van der Waals surface area contributed by atoms with Gasteiger partial charge in [0.1, 0.15) is 5.82 Å². The first-order valence-corrected chi connectivity index (χ1v) is 3.68. The van der Waals surface area contributed by atoms with Crippen LogP contribution in [0.15, 0.2) is 12.1 Å². The summed E-state index contributed by atoms with van der Waals surface area (Å²) >= 11 is 7.44. The summed E-state index contributed by atoms with van der Waals surface area (Å²) in [6, 6.07) is 5.32. The zero-order valence-corrected chi connectivity index (χ0v) is 7.20. The molecule has 0 aliphatic carbocycles. The van der Waals surface area contributed by atoms with Crippen molar-refractivity contribution < 1.29 is 4.39 Å². The van der Waals surface area contributed by atoms with E-state index in [0.717, 1.165) is 0 Å². The van der Waals surface area contributed by atoms with Crippen LogP contribution in [0.25, 0.3) is 0 Å². The molecule has 3 heteroatoms. The zero-order chi connectivity index (χ0) is 6.85. The molecule has 0 heterocycles. The summed E-state index contributed by atoms with van der Waals surface area (Å²) < 4.78 is 13.0. The summed E-state index contributed by atoms with van der Waals surface area (Å²) in [5.74, 6) is -0.410. The van der Waals surface area contributed by atoms with Crippen molar-refractivity contribution >= 4 is 34.2 Å². The number of hydrogen-bond donors (Lipinski definition) is 0. The Morgan fingerprint density at radius 3 is 2.67 bits per heavy atom. The first kappa shape index (κ1) is 7.28. The molecule has 1 rings (SSSR count). The van der Waals surface area contributed by atoms with E-state index in [2.05, 4.69) is 6.07 Å². The van der Waals surface area contributed by atoms with Gasteiger partial charge in [-0.1, -0.05) is 11.6 Å². The molecule has 1 aromatic rings. The molecule has 0 aliphatic heterocycles. The zero-order valence-electron chi connectivity index (χ0n) is 4.29. The predicted molar refractivity (Wildman–Crippen MR) is 43.0 cm³/mol. The molecule has 1 radical (unpaired) electrons. The second kappa shape index (κ2) is 2.84. The Morgan fingerprint density at radius 2 is 2.22 bits per heavy atom. The Balaban J connectivity index is 3.17. The van der Waals surface area contributed by atoms with Crippen LogP contribution in [0.5, 0.6) is 0 Å². The lowest BCUT2D eigenvalue weighted by molar-refractivity contribution is 0.624. The van der Waals surface area contributed by atoms with E-state index in [-0.39, 0.29) is 0 Å². The second-order valence-electron chi connectivity index (χ2n) is 1.49. The summed E-state index contributed by atoms with van der Waals surface area (Å²) in [4.78, 5) is 0. The standard InChI is InChI=1S/C6H2ClFI/c7-4-1-5(8)3-6(9)2-4/h1-2H. The molecule has 0 bridgehead atoms. The van der Waals surface area contributed by atoms with Crippen molar-refractivity contribution in [3.8, 4) is 0 Å². The minimum atomic E-state index is -0.410. The number of halogens is 3. The van der Waals surface area contributed by atoms with Crippen molar-refractivity contribution in [2.24, 2.45) is 0 Å². The molecular weight excluding hydrogens is 253 g/mol. The van der Waals surface area contributed by atoms with Crippen LogP contribution in [0.1, 0.15) is 0 Å². The molecule has 0 N–H and O–H groups in total. The Morgan fingerprint density at radius 1 is 1.56 bits per heavy atom. The summed E-state index contributed by atoms with van der Waals surface area (Å²) in [6.07, 6.45) is 0. The highest BCUT2D eigenvalue weighted by Gasteiger charge is 1.94. The Bertz CT molecular complexity index is 174. The Hall–Kier alpha value is 0.170. The lowest BCUT2D eigenvalue weighted by Gasteiger charge is -1.90. The van der Waals surface area contributed by atoms with Gasteiger partial charge in [0.15, 0.2) is 0 Å². The quantitative estimate of drug-likeness (QED) is 0.625. The van der Waals surface area contributed by atoms with Gasteiger partial charge in [0.2, 0.25) is 0 Å². The van der Waals surface area contributed by atoms with E-state index in [0.29, 0.717) is 8.59 Å². The van der Waals surface area contributed by atoms with Gasteiger partial charge in [0, 0.05) is 14.7 Å². The molecule has 0 nitrogen and oxygen atoms in total. The van der Waals surface area contributed by atoms with Crippen LogP contribution in [0, 0.1) is 15.5 Å². The molecule has 0 saturated heterocycles. The lowest BCUT2D eigenvalue weighted by atomic mass is 10.4. The fourth-order valence-electron chi connectivity index (χ4n) is 0.470. The molecular formula is C6H2ClFI. The Labute approximate surface area is 71.2 Å². The number of hydrogen-bond acceptors (Lipinski definition) is 0.